The van der Waals surface area contributed by atoms with Crippen LogP contribution in [0.2, 0.25) is 0 Å². The molecule has 6 rings (SSSR count). The molecular formula is C40H58O14. The number of methoxy groups -OCH3 is 1. The van der Waals surface area contributed by atoms with Crippen LogP contribution in [0.5, 0.6) is 0 Å². The lowest BCUT2D eigenvalue weighted by molar-refractivity contribution is -0.350. The smallest absolute Gasteiger partial charge is 0.337 e. The van der Waals surface area contributed by atoms with Crippen LogP contribution < -0.4 is 0 Å². The molecule has 4 aliphatic carbocycles. The van der Waals surface area contributed by atoms with Crippen molar-refractivity contribution in [1.82, 2.24) is 0 Å². The van der Waals surface area contributed by atoms with Crippen LogP contribution >= 0.6 is 0 Å². The Kier molecular flexibility index (Phi) is 11.7. The Morgan fingerprint density at radius 3 is 2.30 bits per heavy atom. The average molecular weight is 763 g/mol. The number of Topliss-reactive ketones (excluding diaryl/α,β-unsaturated/α-hetero) is 2. The van der Waals surface area contributed by atoms with Gasteiger partial charge in [0.25, 0.3) is 0 Å². The number of fused-ring (bicyclic) bond motifs is 4. The molecule has 302 valence electrons. The van der Waals surface area contributed by atoms with E-state index in [2.05, 4.69) is 20.4 Å². The molecule has 15 atom stereocenters. The number of ether oxygens (including phenoxy) is 5. The first kappa shape index (κ1) is 41.1. The summed E-state index contributed by atoms with van der Waals surface area (Å²) in [4.78, 5) is 39.6. The predicted octanol–water partition coefficient (Wildman–Crippen LogP) is 2.33. The van der Waals surface area contributed by atoms with E-state index < -0.39 is 78.7 Å². The fourth-order valence-corrected chi connectivity index (χ4v) is 10.4. The molecule has 6 aliphatic rings. The highest BCUT2D eigenvalue weighted by molar-refractivity contribution is 6.02. The van der Waals surface area contributed by atoms with Crippen LogP contribution in [0.4, 0.5) is 0 Å². The van der Waals surface area contributed by atoms with E-state index in [1.165, 1.54) is 5.57 Å². The number of hydrogen-bond acceptors (Lipinski definition) is 14. The molecule has 14 nitrogen and oxygen atoms in total. The van der Waals surface area contributed by atoms with Crippen molar-refractivity contribution in [2.45, 2.75) is 147 Å². The van der Waals surface area contributed by atoms with Gasteiger partial charge in [-0.2, -0.15) is 0 Å². The topological polar surface area (TPSA) is 219 Å². The Balaban J connectivity index is 1.17. The maximum Gasteiger partial charge on any atom is 0.337 e. The number of carbonyl (C=O) groups is 3. The van der Waals surface area contributed by atoms with Gasteiger partial charge in [-0.1, -0.05) is 52.3 Å². The molecule has 54 heavy (non-hydrogen) atoms. The third kappa shape index (κ3) is 6.93. The monoisotopic (exact) mass is 762 g/mol. The van der Waals surface area contributed by atoms with E-state index in [0.717, 1.165) is 25.5 Å². The van der Waals surface area contributed by atoms with Crippen molar-refractivity contribution >= 4 is 17.5 Å². The maximum absolute atomic E-state index is 13.9. The van der Waals surface area contributed by atoms with Gasteiger partial charge in [0, 0.05) is 11.8 Å². The van der Waals surface area contributed by atoms with Crippen molar-refractivity contribution in [3.05, 3.63) is 34.6 Å². The summed E-state index contributed by atoms with van der Waals surface area (Å²) in [6, 6.07) is 0. The van der Waals surface area contributed by atoms with Crippen molar-refractivity contribution in [2.75, 3.05) is 13.7 Å². The van der Waals surface area contributed by atoms with E-state index in [4.69, 9.17) is 23.7 Å². The van der Waals surface area contributed by atoms with E-state index in [0.29, 0.717) is 43.3 Å². The number of aliphatic hydroxyl groups is 6. The van der Waals surface area contributed by atoms with E-state index in [1.54, 1.807) is 0 Å². The lowest BCUT2D eigenvalue weighted by Gasteiger charge is -2.54. The fraction of sp³-hybridized carbons (Fsp3) is 0.775. The summed E-state index contributed by atoms with van der Waals surface area (Å²) in [5.41, 5.74) is 2.75. The zero-order valence-corrected chi connectivity index (χ0v) is 32.1. The predicted molar refractivity (Wildman–Crippen MR) is 190 cm³/mol. The Bertz CT molecular complexity index is 1570. The number of carbonyl (C=O) groups excluding carboxylic acids is 3. The summed E-state index contributed by atoms with van der Waals surface area (Å²) in [5, 5.41) is 64.1. The summed E-state index contributed by atoms with van der Waals surface area (Å²) in [5.74, 6) is -2.06. The standard InChI is InChI=1S/C40H58O14/c1-17(2)19(4)24(41)14-18(3)26-29(44)30(45)27-22-9-8-20-15-21(10-12-39(20,5)23(22)11-13-40(26,27)6)52-38-33(48)34(32(47)35(54-38)36(49)50-7)53-37-31(46)28(43)25(42)16-51-37/h17-18,20-21,25,27-28,31-35,37-38,42-44,46-48H,4,8-16H2,1-3,5-7H3/t18-,20+,21+,25-,27+,28+,31-,32+,33-,34+,35+,37+,38-,39+,40-/m1/s1. The third-order valence-electron chi connectivity index (χ3n) is 13.6. The third-order valence-corrected chi connectivity index (χ3v) is 13.6. The summed E-state index contributed by atoms with van der Waals surface area (Å²) in [7, 11) is 1.12. The molecule has 0 spiro atoms. The van der Waals surface area contributed by atoms with E-state index in [1.807, 2.05) is 20.8 Å². The van der Waals surface area contributed by atoms with Gasteiger partial charge in [0.15, 0.2) is 30.2 Å². The summed E-state index contributed by atoms with van der Waals surface area (Å²) in [6.07, 6.45) is -9.71. The molecule has 0 aromatic carbocycles. The first-order valence-corrected chi connectivity index (χ1v) is 19.3. The number of rotatable bonds is 10. The Morgan fingerprint density at radius 2 is 1.63 bits per heavy atom. The number of aliphatic hydroxyl groups excluding tert-OH is 6. The van der Waals surface area contributed by atoms with Crippen LogP contribution in [0.25, 0.3) is 0 Å². The first-order chi connectivity index (χ1) is 25.3. The highest BCUT2D eigenvalue weighted by Gasteiger charge is 2.60. The summed E-state index contributed by atoms with van der Waals surface area (Å²) < 4.78 is 28.0. The maximum atomic E-state index is 13.9. The van der Waals surface area contributed by atoms with Gasteiger partial charge >= 0.3 is 5.97 Å². The number of esters is 1. The zero-order chi connectivity index (χ0) is 39.6. The minimum absolute atomic E-state index is 0.0132. The van der Waals surface area contributed by atoms with Gasteiger partial charge in [-0.25, -0.2) is 4.79 Å². The minimum Gasteiger partial charge on any atom is -0.504 e. The second-order valence-corrected chi connectivity index (χ2v) is 17.2. The van der Waals surface area contributed by atoms with Crippen LogP contribution in [0.3, 0.4) is 0 Å². The first-order valence-electron chi connectivity index (χ1n) is 19.3. The Labute approximate surface area is 316 Å². The Hall–Kier alpha value is -2.53. The van der Waals surface area contributed by atoms with Crippen LogP contribution in [-0.2, 0) is 38.1 Å². The van der Waals surface area contributed by atoms with Gasteiger partial charge in [-0.05, 0) is 79.3 Å². The lowest BCUT2D eigenvalue weighted by Crippen LogP contribution is -2.64. The lowest BCUT2D eigenvalue weighted by atomic mass is 9.50. The van der Waals surface area contributed by atoms with Crippen LogP contribution in [0.1, 0.15) is 86.0 Å². The van der Waals surface area contributed by atoms with E-state index >= 15 is 0 Å². The van der Waals surface area contributed by atoms with Gasteiger partial charge in [-0.3, -0.25) is 9.59 Å². The Morgan fingerprint density at radius 1 is 0.926 bits per heavy atom. The molecule has 14 heteroatoms. The quantitative estimate of drug-likeness (QED) is 0.107. The molecule has 2 saturated heterocycles. The van der Waals surface area contributed by atoms with Crippen molar-refractivity contribution in [3.8, 4) is 0 Å². The molecule has 6 N–H and O–H groups in total. The van der Waals surface area contributed by atoms with Crippen molar-refractivity contribution in [3.63, 3.8) is 0 Å². The van der Waals surface area contributed by atoms with Crippen LogP contribution in [0.15, 0.2) is 34.6 Å². The van der Waals surface area contributed by atoms with Gasteiger partial charge in [0.05, 0.1) is 25.7 Å². The van der Waals surface area contributed by atoms with Gasteiger partial charge < -0.3 is 54.3 Å². The van der Waals surface area contributed by atoms with Crippen LogP contribution in [-0.4, -0.2) is 123 Å². The zero-order valence-electron chi connectivity index (χ0n) is 32.1. The second-order valence-electron chi connectivity index (χ2n) is 17.2. The molecule has 1 saturated carbocycles. The van der Waals surface area contributed by atoms with E-state index in [-0.39, 0.29) is 53.5 Å². The summed E-state index contributed by atoms with van der Waals surface area (Å²) >= 11 is 0. The molecule has 2 aliphatic heterocycles. The molecule has 0 aromatic rings. The summed E-state index contributed by atoms with van der Waals surface area (Å²) in [6.45, 7) is 13.7. The SMILES string of the molecule is C=C(C(=O)C[C@@H](C)C1=C(O)C(=O)[C@@H]2C3=C(CC[C@]12C)[C@@]1(C)CC[C@H](O[C@@H]2O[C@H](C(=O)OC)[C@@H](O)[C@H](O[C@@H]4OC[C@@H](O)[C@H](O)[C@H]4O)[C@H]2O)C[C@@H]1CC3)C(C)C. The van der Waals surface area contributed by atoms with Crippen molar-refractivity contribution in [2.24, 2.45) is 34.5 Å². The molecule has 0 aromatic heterocycles. The normalized spacial score (nSPS) is 43.0. The van der Waals surface area contributed by atoms with Crippen molar-refractivity contribution in [1.29, 1.82) is 0 Å². The highest BCUT2D eigenvalue weighted by atomic mass is 16.7. The minimum atomic E-state index is -1.75. The molecule has 0 bridgehead atoms. The van der Waals surface area contributed by atoms with Gasteiger partial charge in [0.1, 0.15) is 36.6 Å². The molecule has 0 amide bonds. The number of allylic oxidation sites excluding steroid dienone is 5. The largest absolute Gasteiger partial charge is 0.504 e. The molecule has 0 radical (unpaired) electrons. The van der Waals surface area contributed by atoms with Gasteiger partial charge in [0.2, 0.25) is 5.78 Å². The van der Waals surface area contributed by atoms with Crippen molar-refractivity contribution < 1.29 is 68.7 Å². The molecule has 3 fully saturated rings. The number of ketones is 2. The molecular weight excluding hydrogens is 704 g/mol. The molecule has 2 heterocycles. The average Bonchev–Trinajstić information content (AvgIpc) is 3.34. The van der Waals surface area contributed by atoms with Gasteiger partial charge in [-0.15, -0.1) is 0 Å². The number of hydrogen-bond donors (Lipinski definition) is 6. The van der Waals surface area contributed by atoms with Crippen LogP contribution in [0, 0.1) is 34.5 Å². The fourth-order valence-electron chi connectivity index (χ4n) is 10.4. The van der Waals surface area contributed by atoms with E-state index in [9.17, 15) is 45.0 Å². The molecule has 0 unspecified atom stereocenters. The highest BCUT2D eigenvalue weighted by Crippen LogP contribution is 2.64. The second kappa shape index (κ2) is 15.4.